The second kappa shape index (κ2) is 10.3. The maximum absolute atomic E-state index is 12.2. The van der Waals surface area contributed by atoms with Gasteiger partial charge in [-0.05, 0) is 51.2 Å². The lowest BCUT2D eigenvalue weighted by Gasteiger charge is -2.20. The normalized spacial score (nSPS) is 17.1. The average molecular weight is 440 g/mol. The van der Waals surface area contributed by atoms with Gasteiger partial charge < -0.3 is 15.8 Å². The topological polar surface area (TPSA) is 94.5 Å². The van der Waals surface area contributed by atoms with Crippen molar-refractivity contribution in [2.75, 3.05) is 0 Å². The summed E-state index contributed by atoms with van der Waals surface area (Å²) in [5, 5.41) is 7.00. The van der Waals surface area contributed by atoms with Crippen LogP contribution < -0.4 is 11.1 Å². The summed E-state index contributed by atoms with van der Waals surface area (Å²) in [4.78, 5) is 16.1. The minimum Gasteiger partial charge on any atom is -0.444 e. The number of imidazole rings is 1. The maximum Gasteiger partial charge on any atom is 0.407 e. The number of halogens is 2. The molecule has 31 heavy (non-hydrogen) atoms. The first kappa shape index (κ1) is 25.0. The molecule has 174 valence electrons. The van der Waals surface area contributed by atoms with Crippen molar-refractivity contribution in [1.29, 1.82) is 0 Å². The fraction of sp³-hybridized carbons (Fsp3) is 0.682. The Hall–Kier alpha value is -2.29. The molecule has 1 aliphatic carbocycles. The van der Waals surface area contributed by atoms with Crippen molar-refractivity contribution in [2.45, 2.75) is 90.8 Å². The molecule has 1 saturated carbocycles. The van der Waals surface area contributed by atoms with Crippen molar-refractivity contribution in [2.24, 2.45) is 11.7 Å². The number of nitrogens with two attached hydrogens (primary N) is 1. The number of amides is 1. The molecule has 2 heterocycles. The van der Waals surface area contributed by atoms with Gasteiger partial charge in [0, 0.05) is 18.9 Å². The van der Waals surface area contributed by atoms with Crippen LogP contribution in [0.2, 0.25) is 0 Å². The van der Waals surface area contributed by atoms with Crippen LogP contribution in [-0.4, -0.2) is 32.2 Å². The number of hydrogen-bond acceptors (Lipinski definition) is 5. The lowest BCUT2D eigenvalue weighted by atomic mass is 9.97. The standard InChI is InChI=1S/C16H25N5O2.C6H10F2/c1-10(2)14(17)11-6-13-20-12(9-21(13)19-7-11)8-18-15(22)23-16(3,4)5;7-6(8)4-2-1-3-5-6/h6-7,9-10,14H,8,17H2,1-5H3,(H,18,22);1-5H2. The molecule has 1 aliphatic rings. The van der Waals surface area contributed by atoms with E-state index in [1.54, 1.807) is 16.9 Å². The van der Waals surface area contributed by atoms with Crippen molar-refractivity contribution in [3.63, 3.8) is 0 Å². The van der Waals surface area contributed by atoms with Crippen LogP contribution in [0.5, 0.6) is 0 Å². The number of nitrogens with zero attached hydrogens (tertiary/aromatic N) is 3. The molecule has 0 bridgehead atoms. The highest BCUT2D eigenvalue weighted by Gasteiger charge is 2.30. The summed E-state index contributed by atoms with van der Waals surface area (Å²) in [6, 6.07) is 1.85. The van der Waals surface area contributed by atoms with Gasteiger partial charge in [-0.2, -0.15) is 5.10 Å². The van der Waals surface area contributed by atoms with Crippen LogP contribution in [0, 0.1) is 5.92 Å². The van der Waals surface area contributed by atoms with Crippen LogP contribution in [-0.2, 0) is 11.3 Å². The molecule has 1 fully saturated rings. The van der Waals surface area contributed by atoms with Crippen molar-refractivity contribution in [1.82, 2.24) is 19.9 Å². The number of nitrogens with one attached hydrogen (secondary N) is 1. The molecule has 7 nitrogen and oxygen atoms in total. The Balaban J connectivity index is 0.000000357. The predicted molar refractivity (Wildman–Crippen MR) is 116 cm³/mol. The molecule has 2 aromatic heterocycles. The van der Waals surface area contributed by atoms with E-state index in [0.717, 1.165) is 12.0 Å². The van der Waals surface area contributed by atoms with E-state index in [9.17, 15) is 13.6 Å². The third-order valence-electron chi connectivity index (χ3n) is 4.89. The van der Waals surface area contributed by atoms with E-state index < -0.39 is 17.6 Å². The predicted octanol–water partition coefficient (Wildman–Crippen LogP) is 5.00. The summed E-state index contributed by atoms with van der Waals surface area (Å²) >= 11 is 0. The maximum atomic E-state index is 12.2. The molecule has 0 aromatic carbocycles. The molecular weight excluding hydrogens is 404 g/mol. The summed E-state index contributed by atoms with van der Waals surface area (Å²) in [5.41, 5.74) is 7.98. The Morgan fingerprint density at radius 2 is 1.94 bits per heavy atom. The number of carbonyl (C=O) groups is 1. The van der Waals surface area contributed by atoms with Crippen LogP contribution >= 0.6 is 0 Å². The molecule has 0 radical (unpaired) electrons. The summed E-state index contributed by atoms with van der Waals surface area (Å²) < 4.78 is 31.3. The molecule has 1 atom stereocenters. The second-order valence-corrected chi connectivity index (χ2v) is 9.37. The molecule has 9 heteroatoms. The summed E-state index contributed by atoms with van der Waals surface area (Å²) in [6.07, 6.45) is 5.72. The van der Waals surface area contributed by atoms with Crippen molar-refractivity contribution < 1.29 is 18.3 Å². The zero-order valence-corrected chi connectivity index (χ0v) is 19.1. The van der Waals surface area contributed by atoms with Gasteiger partial charge in [0.25, 0.3) is 0 Å². The molecular formula is C22H35F2N5O2. The molecule has 0 saturated heterocycles. The summed E-state index contributed by atoms with van der Waals surface area (Å²) in [6.45, 7) is 9.87. The first-order chi connectivity index (χ1) is 14.4. The highest BCUT2D eigenvalue weighted by Crippen LogP contribution is 2.32. The van der Waals surface area contributed by atoms with Crippen molar-refractivity contribution in [3.05, 3.63) is 29.7 Å². The van der Waals surface area contributed by atoms with Gasteiger partial charge in [0.2, 0.25) is 5.92 Å². The number of rotatable bonds is 4. The first-order valence-electron chi connectivity index (χ1n) is 10.8. The van der Waals surface area contributed by atoms with Gasteiger partial charge >= 0.3 is 6.09 Å². The largest absolute Gasteiger partial charge is 0.444 e. The minimum absolute atomic E-state index is 0.0764. The number of carbonyl (C=O) groups excluding carboxylic acids is 1. The van der Waals surface area contributed by atoms with E-state index in [2.05, 4.69) is 29.2 Å². The van der Waals surface area contributed by atoms with E-state index in [-0.39, 0.29) is 25.4 Å². The number of aromatic nitrogens is 3. The molecule has 1 amide bonds. The Labute approximate surface area is 182 Å². The van der Waals surface area contributed by atoms with Crippen LogP contribution in [0.4, 0.5) is 13.6 Å². The molecule has 2 aromatic rings. The fourth-order valence-corrected chi connectivity index (χ4v) is 3.14. The smallest absolute Gasteiger partial charge is 0.407 e. The average Bonchev–Trinajstić information content (AvgIpc) is 3.06. The SMILES string of the molecule is CC(C)C(N)c1cnn2cc(CNC(=O)OC(C)(C)C)nc2c1.FC1(F)CCCCC1. The third-order valence-corrected chi connectivity index (χ3v) is 4.89. The third kappa shape index (κ3) is 8.40. The monoisotopic (exact) mass is 439 g/mol. The number of ether oxygens (including phenoxy) is 1. The summed E-state index contributed by atoms with van der Waals surface area (Å²) in [5.74, 6) is -2.00. The fourth-order valence-electron chi connectivity index (χ4n) is 3.14. The molecule has 3 N–H and O–H groups in total. The Kier molecular flexibility index (Phi) is 8.34. The lowest BCUT2D eigenvalue weighted by Crippen LogP contribution is -2.32. The van der Waals surface area contributed by atoms with E-state index >= 15 is 0 Å². The highest BCUT2D eigenvalue weighted by molar-refractivity contribution is 5.67. The van der Waals surface area contributed by atoms with Gasteiger partial charge in [0.15, 0.2) is 5.65 Å². The number of hydrogen-bond donors (Lipinski definition) is 2. The van der Waals surface area contributed by atoms with Gasteiger partial charge in [-0.1, -0.05) is 20.3 Å². The molecule has 1 unspecified atom stereocenters. The van der Waals surface area contributed by atoms with Gasteiger partial charge in [0.1, 0.15) is 5.60 Å². The Bertz CT molecular complexity index is 853. The van der Waals surface area contributed by atoms with Crippen molar-refractivity contribution >= 4 is 11.7 Å². The van der Waals surface area contributed by atoms with Gasteiger partial charge in [-0.15, -0.1) is 0 Å². The van der Waals surface area contributed by atoms with E-state index in [4.69, 9.17) is 10.5 Å². The zero-order chi connectivity index (χ0) is 23.2. The Morgan fingerprint density at radius 3 is 2.45 bits per heavy atom. The number of alkyl carbamates (subject to hydrolysis) is 1. The molecule has 0 aliphatic heterocycles. The lowest BCUT2D eigenvalue weighted by molar-refractivity contribution is -0.0337. The second-order valence-electron chi connectivity index (χ2n) is 9.37. The number of alkyl halides is 2. The first-order valence-corrected chi connectivity index (χ1v) is 10.8. The van der Waals surface area contributed by atoms with E-state index in [0.29, 0.717) is 30.1 Å². The van der Waals surface area contributed by atoms with Gasteiger partial charge in [-0.3, -0.25) is 0 Å². The van der Waals surface area contributed by atoms with Gasteiger partial charge in [-0.25, -0.2) is 23.1 Å². The summed E-state index contributed by atoms with van der Waals surface area (Å²) in [7, 11) is 0. The molecule has 0 spiro atoms. The van der Waals surface area contributed by atoms with Crippen LogP contribution in [0.15, 0.2) is 18.5 Å². The van der Waals surface area contributed by atoms with Gasteiger partial charge in [0.05, 0.1) is 24.6 Å². The van der Waals surface area contributed by atoms with Crippen molar-refractivity contribution in [3.8, 4) is 0 Å². The Morgan fingerprint density at radius 1 is 1.29 bits per heavy atom. The van der Waals surface area contributed by atoms with E-state index in [1.807, 2.05) is 26.8 Å². The highest BCUT2D eigenvalue weighted by atomic mass is 19.3. The minimum atomic E-state index is -2.32. The number of fused-ring (bicyclic) bond motifs is 1. The molecule has 3 rings (SSSR count). The van der Waals surface area contributed by atoms with E-state index in [1.165, 1.54) is 0 Å². The van der Waals surface area contributed by atoms with Crippen LogP contribution in [0.1, 0.15) is 84.0 Å². The quantitative estimate of drug-likeness (QED) is 0.699. The van der Waals surface area contributed by atoms with Crippen LogP contribution in [0.25, 0.3) is 5.65 Å². The zero-order valence-electron chi connectivity index (χ0n) is 19.1. The van der Waals surface area contributed by atoms with Crippen LogP contribution in [0.3, 0.4) is 0 Å².